The van der Waals surface area contributed by atoms with Gasteiger partial charge in [0, 0.05) is 11.8 Å². The van der Waals surface area contributed by atoms with Crippen LogP contribution in [-0.4, -0.2) is 19.1 Å². The predicted molar refractivity (Wildman–Crippen MR) is 86.3 cm³/mol. The molecule has 4 nitrogen and oxygen atoms in total. The van der Waals surface area contributed by atoms with Gasteiger partial charge in [0.25, 0.3) is 0 Å². The molecule has 0 unspecified atom stereocenters. The Hall–Kier alpha value is -2.75. The first-order chi connectivity index (χ1) is 10.7. The zero-order valence-electron chi connectivity index (χ0n) is 12.3. The molecule has 4 heteroatoms. The Kier molecular flexibility index (Phi) is 4.10. The van der Waals surface area contributed by atoms with Crippen LogP contribution in [0.5, 0.6) is 11.5 Å². The molecule has 0 aliphatic carbocycles. The van der Waals surface area contributed by atoms with Crippen molar-refractivity contribution in [3.63, 3.8) is 0 Å². The van der Waals surface area contributed by atoms with Crippen molar-refractivity contribution in [3.8, 4) is 11.5 Å². The van der Waals surface area contributed by atoms with Gasteiger partial charge in [0.1, 0.15) is 13.2 Å². The summed E-state index contributed by atoms with van der Waals surface area (Å²) >= 11 is 0. The number of rotatable bonds is 3. The first kappa shape index (κ1) is 14.2. The smallest absolute Gasteiger partial charge is 0.248 e. The highest BCUT2D eigenvalue weighted by Crippen LogP contribution is 2.31. The van der Waals surface area contributed by atoms with Crippen LogP contribution < -0.4 is 14.8 Å². The van der Waals surface area contributed by atoms with Crippen molar-refractivity contribution in [2.45, 2.75) is 6.92 Å². The lowest BCUT2D eigenvalue weighted by Gasteiger charge is -2.18. The van der Waals surface area contributed by atoms with Gasteiger partial charge in [-0.3, -0.25) is 4.79 Å². The summed E-state index contributed by atoms with van der Waals surface area (Å²) in [4.78, 5) is 12.0. The van der Waals surface area contributed by atoms with Crippen molar-refractivity contribution in [2.24, 2.45) is 0 Å². The van der Waals surface area contributed by atoms with Crippen LogP contribution in [-0.2, 0) is 4.79 Å². The first-order valence-electron chi connectivity index (χ1n) is 7.17. The van der Waals surface area contributed by atoms with Crippen molar-refractivity contribution >= 4 is 17.7 Å². The average molecular weight is 295 g/mol. The molecule has 0 aromatic heterocycles. The molecule has 1 N–H and O–H groups in total. The Morgan fingerprint density at radius 2 is 1.86 bits per heavy atom. The summed E-state index contributed by atoms with van der Waals surface area (Å²) in [5, 5.41) is 2.86. The molecule has 0 atom stereocenters. The number of benzene rings is 2. The maximum atomic E-state index is 12.0. The fraction of sp³-hybridized carbons (Fsp3) is 0.167. The van der Waals surface area contributed by atoms with Crippen molar-refractivity contribution in [1.82, 2.24) is 0 Å². The van der Waals surface area contributed by atoms with Gasteiger partial charge in [-0.05, 0) is 42.3 Å². The zero-order valence-corrected chi connectivity index (χ0v) is 12.3. The van der Waals surface area contributed by atoms with E-state index in [9.17, 15) is 4.79 Å². The molecule has 112 valence electrons. The highest BCUT2D eigenvalue weighted by molar-refractivity contribution is 6.02. The molecule has 3 rings (SSSR count). The fourth-order valence-corrected chi connectivity index (χ4v) is 2.22. The van der Waals surface area contributed by atoms with Crippen LogP contribution in [0.4, 0.5) is 5.69 Å². The van der Waals surface area contributed by atoms with Crippen molar-refractivity contribution < 1.29 is 14.3 Å². The molecular weight excluding hydrogens is 278 g/mol. The predicted octanol–water partition coefficient (Wildman–Crippen LogP) is 3.42. The Morgan fingerprint density at radius 3 is 2.68 bits per heavy atom. The Bertz CT molecular complexity index is 722. The van der Waals surface area contributed by atoms with Crippen LogP contribution >= 0.6 is 0 Å². The van der Waals surface area contributed by atoms with E-state index in [2.05, 4.69) is 5.32 Å². The number of amides is 1. The van der Waals surface area contributed by atoms with Crippen LogP contribution in [0.15, 0.2) is 48.5 Å². The molecule has 22 heavy (non-hydrogen) atoms. The molecule has 0 bridgehead atoms. The number of fused-ring (bicyclic) bond motifs is 1. The minimum atomic E-state index is -0.163. The summed E-state index contributed by atoms with van der Waals surface area (Å²) < 4.78 is 11.0. The van der Waals surface area contributed by atoms with Gasteiger partial charge in [-0.2, -0.15) is 0 Å². The number of hydrogen-bond donors (Lipinski definition) is 1. The molecule has 0 radical (unpaired) electrons. The number of carbonyl (C=O) groups is 1. The van der Waals surface area contributed by atoms with Gasteiger partial charge in [0.15, 0.2) is 11.5 Å². The van der Waals surface area contributed by atoms with Gasteiger partial charge in [-0.25, -0.2) is 0 Å². The highest BCUT2D eigenvalue weighted by Gasteiger charge is 2.10. The molecule has 0 fully saturated rings. The number of anilines is 1. The molecule has 1 aliphatic rings. The van der Waals surface area contributed by atoms with E-state index in [4.69, 9.17) is 9.47 Å². The van der Waals surface area contributed by atoms with E-state index in [1.54, 1.807) is 6.08 Å². The van der Waals surface area contributed by atoms with Gasteiger partial charge < -0.3 is 14.8 Å². The number of para-hydroxylation sites is 1. The Balaban J connectivity index is 1.68. The first-order valence-corrected chi connectivity index (χ1v) is 7.17. The van der Waals surface area contributed by atoms with E-state index in [0.717, 1.165) is 22.6 Å². The van der Waals surface area contributed by atoms with E-state index in [1.165, 1.54) is 6.08 Å². The molecule has 0 saturated heterocycles. The van der Waals surface area contributed by atoms with Crippen molar-refractivity contribution in [2.75, 3.05) is 18.5 Å². The second-order valence-electron chi connectivity index (χ2n) is 5.04. The van der Waals surface area contributed by atoms with Crippen molar-refractivity contribution in [1.29, 1.82) is 0 Å². The van der Waals surface area contributed by atoms with Crippen molar-refractivity contribution in [3.05, 3.63) is 59.7 Å². The van der Waals surface area contributed by atoms with E-state index in [-0.39, 0.29) is 5.91 Å². The number of nitrogens with one attached hydrogen (secondary N) is 1. The van der Waals surface area contributed by atoms with Gasteiger partial charge in [0.2, 0.25) is 5.91 Å². The zero-order chi connectivity index (χ0) is 15.4. The standard InChI is InChI=1S/C18H17NO3/c1-13-4-2-3-5-15(13)19-18(20)9-7-14-6-8-16-17(12-14)22-11-10-21-16/h2-9,12H,10-11H2,1H3,(H,19,20)/b9-7+. The number of ether oxygens (including phenoxy) is 2. The molecule has 2 aromatic rings. The summed E-state index contributed by atoms with van der Waals surface area (Å²) in [7, 11) is 0. The molecule has 0 spiro atoms. The minimum absolute atomic E-state index is 0.163. The van der Waals surface area contributed by atoms with E-state index < -0.39 is 0 Å². The molecule has 0 saturated carbocycles. The summed E-state index contributed by atoms with van der Waals surface area (Å²) in [6.45, 7) is 3.08. The molecule has 2 aromatic carbocycles. The van der Waals surface area contributed by atoms with Gasteiger partial charge in [0.05, 0.1) is 0 Å². The summed E-state index contributed by atoms with van der Waals surface area (Å²) in [6.07, 6.45) is 3.27. The lowest BCUT2D eigenvalue weighted by atomic mass is 10.1. The summed E-state index contributed by atoms with van der Waals surface area (Å²) in [5.41, 5.74) is 2.74. The van der Waals surface area contributed by atoms with E-state index in [1.807, 2.05) is 49.4 Å². The third kappa shape index (κ3) is 3.28. The lowest BCUT2D eigenvalue weighted by Crippen LogP contribution is -2.15. The fourth-order valence-electron chi connectivity index (χ4n) is 2.22. The van der Waals surface area contributed by atoms with Gasteiger partial charge in [-0.15, -0.1) is 0 Å². The normalized spacial score (nSPS) is 13.1. The second-order valence-corrected chi connectivity index (χ2v) is 5.04. The van der Waals surface area contributed by atoms with Gasteiger partial charge >= 0.3 is 0 Å². The van der Waals surface area contributed by atoms with Crippen LogP contribution in [0.2, 0.25) is 0 Å². The van der Waals surface area contributed by atoms with E-state index >= 15 is 0 Å². The topological polar surface area (TPSA) is 47.6 Å². The van der Waals surface area contributed by atoms with Crippen LogP contribution in [0.3, 0.4) is 0 Å². The minimum Gasteiger partial charge on any atom is -0.486 e. The van der Waals surface area contributed by atoms with Crippen LogP contribution in [0.1, 0.15) is 11.1 Å². The largest absolute Gasteiger partial charge is 0.486 e. The molecule has 1 aliphatic heterocycles. The van der Waals surface area contributed by atoms with Crippen LogP contribution in [0, 0.1) is 6.92 Å². The number of aryl methyl sites for hydroxylation is 1. The number of hydrogen-bond acceptors (Lipinski definition) is 3. The Morgan fingerprint density at radius 1 is 1.09 bits per heavy atom. The monoisotopic (exact) mass is 295 g/mol. The molecular formula is C18H17NO3. The third-order valence-corrected chi connectivity index (χ3v) is 3.40. The lowest BCUT2D eigenvalue weighted by molar-refractivity contribution is -0.111. The SMILES string of the molecule is Cc1ccccc1NC(=O)/C=C/c1ccc2c(c1)OCCO2. The summed E-state index contributed by atoms with van der Waals surface area (Å²) in [5.74, 6) is 1.30. The summed E-state index contributed by atoms with van der Waals surface area (Å²) in [6, 6.07) is 13.3. The number of carbonyl (C=O) groups excluding carboxylic acids is 1. The van der Waals surface area contributed by atoms with E-state index in [0.29, 0.717) is 19.0 Å². The maximum Gasteiger partial charge on any atom is 0.248 e. The highest BCUT2D eigenvalue weighted by atomic mass is 16.6. The van der Waals surface area contributed by atoms with Crippen LogP contribution in [0.25, 0.3) is 6.08 Å². The Labute approximate surface area is 129 Å². The molecule has 1 amide bonds. The quantitative estimate of drug-likeness (QED) is 0.883. The maximum absolute atomic E-state index is 12.0. The second kappa shape index (κ2) is 6.35. The average Bonchev–Trinajstić information content (AvgIpc) is 2.55. The van der Waals surface area contributed by atoms with Gasteiger partial charge in [-0.1, -0.05) is 24.3 Å². The molecule has 1 heterocycles. The third-order valence-electron chi connectivity index (χ3n) is 3.40.